The molecule has 0 aromatic heterocycles. The van der Waals surface area contributed by atoms with Crippen LogP contribution in [0.15, 0.2) is 24.3 Å². The quantitative estimate of drug-likeness (QED) is 0.649. The number of nitrogens with one attached hydrogen (secondary N) is 1. The van der Waals surface area contributed by atoms with Gasteiger partial charge in [0.05, 0.1) is 13.0 Å². The zero-order chi connectivity index (χ0) is 12.5. The minimum Gasteiger partial charge on any atom is -0.494 e. The van der Waals surface area contributed by atoms with Crippen LogP contribution in [0.3, 0.4) is 0 Å². The Balaban J connectivity index is 2.28. The number of amides is 1. The maximum absolute atomic E-state index is 10.6. The highest BCUT2D eigenvalue weighted by Gasteiger charge is 1.99. The largest absolute Gasteiger partial charge is 0.494 e. The summed E-state index contributed by atoms with van der Waals surface area (Å²) in [5.74, 6) is 0.279. The lowest BCUT2D eigenvalue weighted by Gasteiger charge is -2.06. The minimum atomic E-state index is -0.557. The van der Waals surface area contributed by atoms with Crippen molar-refractivity contribution < 1.29 is 9.53 Å². The smallest absolute Gasteiger partial charge is 0.242 e. The molecule has 0 heterocycles. The van der Waals surface area contributed by atoms with Gasteiger partial charge in [-0.05, 0) is 24.1 Å². The molecule has 1 N–H and O–H groups in total. The minimum absolute atomic E-state index is 0.177. The number of carbonyl (C=O) groups excluding carboxylic acids is 1. The van der Waals surface area contributed by atoms with E-state index in [9.17, 15) is 4.79 Å². The van der Waals surface area contributed by atoms with Crippen molar-refractivity contribution >= 4 is 5.91 Å². The third-order valence-electron chi connectivity index (χ3n) is 2.55. The lowest BCUT2D eigenvalue weighted by Crippen LogP contribution is -2.02. The van der Waals surface area contributed by atoms with E-state index < -0.39 is 5.91 Å². The molecule has 1 amide bonds. The maximum atomic E-state index is 10.6. The summed E-state index contributed by atoms with van der Waals surface area (Å²) in [6.07, 6.45) is 4.96. The first-order valence-corrected chi connectivity index (χ1v) is 6.18. The first-order chi connectivity index (χ1) is 8.22. The van der Waals surface area contributed by atoms with Gasteiger partial charge in [0, 0.05) is 0 Å². The van der Waals surface area contributed by atoms with Crippen LogP contribution in [0.1, 0.15) is 38.2 Å². The standard InChI is InChI=1S/C14H20NO2/c1-2-3-4-5-10-17-13-8-6-12(7-9-13)11-14(15)16/h6-9,15H,2-5,10-11H2,1H3. The molecule has 1 aromatic carbocycles. The second-order valence-electron chi connectivity index (χ2n) is 4.15. The summed E-state index contributed by atoms with van der Waals surface area (Å²) in [6, 6.07) is 7.40. The van der Waals surface area contributed by atoms with Crippen molar-refractivity contribution in [1.82, 2.24) is 5.73 Å². The van der Waals surface area contributed by atoms with Crippen LogP contribution in [0, 0.1) is 0 Å². The van der Waals surface area contributed by atoms with E-state index in [0.717, 1.165) is 24.3 Å². The van der Waals surface area contributed by atoms with Crippen LogP contribution in [0.25, 0.3) is 0 Å². The Morgan fingerprint density at radius 2 is 1.88 bits per heavy atom. The molecule has 0 saturated carbocycles. The summed E-state index contributed by atoms with van der Waals surface area (Å²) in [5.41, 5.74) is 7.74. The predicted octanol–water partition coefficient (Wildman–Crippen LogP) is 3.00. The number of unbranched alkanes of at least 4 members (excludes halogenated alkanes) is 3. The molecule has 3 heteroatoms. The second kappa shape index (κ2) is 7.71. The molecule has 1 aromatic rings. The molecule has 0 atom stereocenters. The summed E-state index contributed by atoms with van der Waals surface area (Å²) >= 11 is 0. The second-order valence-corrected chi connectivity index (χ2v) is 4.15. The molecule has 3 nitrogen and oxygen atoms in total. The van der Waals surface area contributed by atoms with E-state index in [4.69, 9.17) is 10.5 Å². The van der Waals surface area contributed by atoms with E-state index in [0.29, 0.717) is 0 Å². The topological polar surface area (TPSA) is 50.1 Å². The molecule has 0 spiro atoms. The van der Waals surface area contributed by atoms with E-state index in [1.165, 1.54) is 19.3 Å². The van der Waals surface area contributed by atoms with Crippen LogP contribution in [-0.4, -0.2) is 12.5 Å². The fourth-order valence-electron chi connectivity index (χ4n) is 1.61. The van der Waals surface area contributed by atoms with Gasteiger partial charge in [0.25, 0.3) is 0 Å². The molecular formula is C14H20NO2. The molecular weight excluding hydrogens is 214 g/mol. The van der Waals surface area contributed by atoms with Crippen molar-refractivity contribution in [3.63, 3.8) is 0 Å². The van der Waals surface area contributed by atoms with Crippen molar-refractivity contribution in [2.24, 2.45) is 0 Å². The van der Waals surface area contributed by atoms with Gasteiger partial charge in [-0.1, -0.05) is 38.3 Å². The van der Waals surface area contributed by atoms with Crippen LogP contribution in [0.5, 0.6) is 5.75 Å². The van der Waals surface area contributed by atoms with E-state index >= 15 is 0 Å². The van der Waals surface area contributed by atoms with E-state index in [1.54, 1.807) is 0 Å². The number of rotatable bonds is 8. The molecule has 0 aliphatic heterocycles. The van der Waals surface area contributed by atoms with Crippen molar-refractivity contribution in [1.29, 1.82) is 0 Å². The van der Waals surface area contributed by atoms with Gasteiger partial charge in [-0.3, -0.25) is 10.5 Å². The molecule has 0 saturated heterocycles. The Kier molecular flexibility index (Phi) is 6.15. The molecule has 0 unspecified atom stereocenters. The van der Waals surface area contributed by atoms with Crippen molar-refractivity contribution in [2.75, 3.05) is 6.61 Å². The summed E-state index contributed by atoms with van der Waals surface area (Å²) in [7, 11) is 0. The van der Waals surface area contributed by atoms with E-state index in [2.05, 4.69) is 6.92 Å². The summed E-state index contributed by atoms with van der Waals surface area (Å²) < 4.78 is 5.58. The summed E-state index contributed by atoms with van der Waals surface area (Å²) in [5, 5.41) is 0. The Bertz CT molecular complexity index is 333. The van der Waals surface area contributed by atoms with E-state index in [-0.39, 0.29) is 6.42 Å². The SMILES string of the molecule is CCCCCCOc1ccc(CC([NH])=O)cc1. The van der Waals surface area contributed by atoms with Gasteiger partial charge in [-0.2, -0.15) is 0 Å². The Morgan fingerprint density at radius 1 is 1.18 bits per heavy atom. The molecule has 0 fully saturated rings. The van der Waals surface area contributed by atoms with Gasteiger partial charge >= 0.3 is 0 Å². The van der Waals surface area contributed by atoms with Crippen molar-refractivity contribution in [3.05, 3.63) is 29.8 Å². The fraction of sp³-hybridized carbons (Fsp3) is 0.500. The average molecular weight is 234 g/mol. The Labute approximate surface area is 103 Å². The van der Waals surface area contributed by atoms with Crippen LogP contribution >= 0.6 is 0 Å². The number of ether oxygens (including phenoxy) is 1. The number of hydrogen-bond donors (Lipinski definition) is 0. The van der Waals surface area contributed by atoms with Gasteiger partial charge in [0.1, 0.15) is 5.75 Å². The maximum Gasteiger partial charge on any atom is 0.242 e. The third-order valence-corrected chi connectivity index (χ3v) is 2.55. The lowest BCUT2D eigenvalue weighted by atomic mass is 10.1. The highest BCUT2D eigenvalue weighted by molar-refractivity contribution is 5.75. The van der Waals surface area contributed by atoms with Gasteiger partial charge in [-0.25, -0.2) is 0 Å². The Hall–Kier alpha value is -1.51. The monoisotopic (exact) mass is 234 g/mol. The normalized spacial score (nSPS) is 10.2. The number of hydrogen-bond acceptors (Lipinski definition) is 2. The van der Waals surface area contributed by atoms with Crippen molar-refractivity contribution in [2.45, 2.75) is 39.0 Å². The zero-order valence-electron chi connectivity index (χ0n) is 10.4. The highest BCUT2D eigenvalue weighted by atomic mass is 16.5. The number of carbonyl (C=O) groups is 1. The zero-order valence-corrected chi connectivity index (χ0v) is 10.4. The molecule has 0 aliphatic rings. The fourth-order valence-corrected chi connectivity index (χ4v) is 1.61. The van der Waals surface area contributed by atoms with Crippen LogP contribution in [0.4, 0.5) is 0 Å². The molecule has 93 valence electrons. The molecule has 0 bridgehead atoms. The first kappa shape index (κ1) is 13.6. The molecule has 17 heavy (non-hydrogen) atoms. The van der Waals surface area contributed by atoms with Gasteiger partial charge in [0.2, 0.25) is 5.91 Å². The van der Waals surface area contributed by atoms with Crippen molar-refractivity contribution in [3.8, 4) is 5.75 Å². The van der Waals surface area contributed by atoms with Crippen LogP contribution in [-0.2, 0) is 11.2 Å². The Morgan fingerprint density at radius 3 is 2.47 bits per heavy atom. The van der Waals surface area contributed by atoms with Gasteiger partial charge < -0.3 is 4.74 Å². The summed E-state index contributed by atoms with van der Waals surface area (Å²) in [4.78, 5) is 10.6. The predicted molar refractivity (Wildman–Crippen MR) is 67.9 cm³/mol. The molecule has 1 rings (SSSR count). The third kappa shape index (κ3) is 5.95. The van der Waals surface area contributed by atoms with E-state index in [1.807, 2.05) is 24.3 Å². The molecule has 1 radical (unpaired) electrons. The molecule has 0 aliphatic carbocycles. The van der Waals surface area contributed by atoms with Crippen LogP contribution in [0.2, 0.25) is 0 Å². The highest BCUT2D eigenvalue weighted by Crippen LogP contribution is 2.13. The summed E-state index contributed by atoms with van der Waals surface area (Å²) in [6.45, 7) is 2.93. The van der Waals surface area contributed by atoms with Crippen LogP contribution < -0.4 is 10.5 Å². The van der Waals surface area contributed by atoms with Gasteiger partial charge in [-0.15, -0.1) is 0 Å². The first-order valence-electron chi connectivity index (χ1n) is 6.18. The van der Waals surface area contributed by atoms with Gasteiger partial charge in [0.15, 0.2) is 0 Å². The number of benzene rings is 1. The average Bonchev–Trinajstić information content (AvgIpc) is 2.30. The lowest BCUT2D eigenvalue weighted by molar-refractivity contribution is -0.118.